The van der Waals surface area contributed by atoms with Crippen molar-refractivity contribution < 1.29 is 24.6 Å². The third-order valence-electron chi connectivity index (χ3n) is 2.25. The molecule has 0 aliphatic rings. The second-order valence-corrected chi connectivity index (χ2v) is 3.89. The maximum atomic E-state index is 11.6. The van der Waals surface area contributed by atoms with E-state index < -0.39 is 23.9 Å². The number of hydrogen-bond acceptors (Lipinski definition) is 4. The van der Waals surface area contributed by atoms with Gasteiger partial charge in [0.1, 0.15) is 0 Å². The quantitative estimate of drug-likeness (QED) is 0.405. The molecule has 0 aliphatic heterocycles. The smallest absolute Gasteiger partial charge is 0.305 e. The molecule has 18 heavy (non-hydrogen) atoms. The molecule has 0 rings (SSSR count). The molecule has 0 saturated carbocycles. The minimum atomic E-state index is -1.10. The monoisotopic (exact) mass is 260 g/mol. The molecule has 0 aromatic rings. The van der Waals surface area contributed by atoms with E-state index in [1.807, 2.05) is 6.92 Å². The minimum absolute atomic E-state index is 0.0640. The topological polar surface area (TPSA) is 116 Å². The van der Waals surface area contributed by atoms with Gasteiger partial charge in [0.15, 0.2) is 0 Å². The molecule has 0 aliphatic carbocycles. The van der Waals surface area contributed by atoms with Crippen LogP contribution in [0.2, 0.25) is 0 Å². The van der Waals surface area contributed by atoms with E-state index in [1.165, 1.54) is 0 Å². The van der Waals surface area contributed by atoms with Crippen LogP contribution in [0.1, 0.15) is 32.6 Å². The summed E-state index contributed by atoms with van der Waals surface area (Å²) in [6, 6.07) is -0.890. The first kappa shape index (κ1) is 16.4. The summed E-state index contributed by atoms with van der Waals surface area (Å²) in [5.74, 6) is -2.51. The number of rotatable bonds is 10. The maximum absolute atomic E-state index is 11.6. The van der Waals surface area contributed by atoms with Crippen LogP contribution in [0.5, 0.6) is 0 Å². The number of aliphatic carboxylic acids is 2. The van der Waals surface area contributed by atoms with E-state index in [0.29, 0.717) is 6.54 Å². The number of hydrogen-bond donors (Lipinski definition) is 4. The van der Waals surface area contributed by atoms with Crippen molar-refractivity contribution in [3.05, 3.63) is 0 Å². The largest absolute Gasteiger partial charge is 0.481 e. The summed E-state index contributed by atoms with van der Waals surface area (Å²) in [4.78, 5) is 32.6. The summed E-state index contributed by atoms with van der Waals surface area (Å²) >= 11 is 0. The van der Waals surface area contributed by atoms with Crippen molar-refractivity contribution in [1.29, 1.82) is 0 Å². The summed E-state index contributed by atoms with van der Waals surface area (Å²) in [5, 5.41) is 22.4. The van der Waals surface area contributed by atoms with Crippen LogP contribution in [0.15, 0.2) is 0 Å². The first-order valence-corrected chi connectivity index (χ1v) is 5.92. The average molecular weight is 260 g/mol. The molecule has 0 aromatic heterocycles. The SMILES string of the molecule is CCCCNC(=O)C(CC(=O)O)NCCC(=O)O. The van der Waals surface area contributed by atoms with Crippen LogP contribution in [0.25, 0.3) is 0 Å². The Kier molecular flexibility index (Phi) is 8.55. The zero-order valence-corrected chi connectivity index (χ0v) is 10.4. The van der Waals surface area contributed by atoms with E-state index in [2.05, 4.69) is 10.6 Å². The maximum Gasteiger partial charge on any atom is 0.305 e. The Morgan fingerprint density at radius 2 is 1.78 bits per heavy atom. The first-order chi connectivity index (χ1) is 8.47. The summed E-state index contributed by atoms with van der Waals surface area (Å²) in [6.07, 6.45) is 1.23. The van der Waals surface area contributed by atoms with Gasteiger partial charge in [-0.1, -0.05) is 13.3 Å². The normalized spacial score (nSPS) is 11.8. The second-order valence-electron chi connectivity index (χ2n) is 3.89. The van der Waals surface area contributed by atoms with E-state index >= 15 is 0 Å². The summed E-state index contributed by atoms with van der Waals surface area (Å²) in [7, 11) is 0. The number of unbranched alkanes of at least 4 members (excludes halogenated alkanes) is 1. The molecule has 0 bridgehead atoms. The van der Waals surface area contributed by atoms with Crippen molar-refractivity contribution in [1.82, 2.24) is 10.6 Å². The summed E-state index contributed by atoms with van der Waals surface area (Å²) in [5.41, 5.74) is 0. The van der Waals surface area contributed by atoms with Gasteiger partial charge in [0.2, 0.25) is 5.91 Å². The van der Waals surface area contributed by atoms with Gasteiger partial charge in [0.25, 0.3) is 0 Å². The zero-order chi connectivity index (χ0) is 14.0. The van der Waals surface area contributed by atoms with Crippen molar-refractivity contribution in [2.75, 3.05) is 13.1 Å². The second kappa shape index (κ2) is 9.41. The molecular formula is C11H20N2O5. The van der Waals surface area contributed by atoms with Gasteiger partial charge in [-0.05, 0) is 6.42 Å². The molecule has 0 heterocycles. The Morgan fingerprint density at radius 1 is 1.11 bits per heavy atom. The lowest BCUT2D eigenvalue weighted by atomic mass is 10.2. The fourth-order valence-corrected chi connectivity index (χ4v) is 1.30. The Bertz CT molecular complexity index is 293. The molecule has 0 fully saturated rings. The molecule has 7 nitrogen and oxygen atoms in total. The Labute approximate surface area is 106 Å². The highest BCUT2D eigenvalue weighted by atomic mass is 16.4. The Balaban J connectivity index is 4.15. The molecular weight excluding hydrogens is 240 g/mol. The van der Waals surface area contributed by atoms with Crippen LogP contribution in [0.4, 0.5) is 0 Å². The third-order valence-corrected chi connectivity index (χ3v) is 2.25. The van der Waals surface area contributed by atoms with E-state index in [0.717, 1.165) is 12.8 Å². The lowest BCUT2D eigenvalue weighted by Crippen LogP contribution is -2.46. The van der Waals surface area contributed by atoms with Gasteiger partial charge >= 0.3 is 11.9 Å². The Morgan fingerprint density at radius 3 is 2.28 bits per heavy atom. The minimum Gasteiger partial charge on any atom is -0.481 e. The highest BCUT2D eigenvalue weighted by Crippen LogP contribution is 1.94. The van der Waals surface area contributed by atoms with Gasteiger partial charge in [-0.25, -0.2) is 0 Å². The number of nitrogens with one attached hydrogen (secondary N) is 2. The summed E-state index contributed by atoms with van der Waals surface area (Å²) < 4.78 is 0. The molecule has 104 valence electrons. The first-order valence-electron chi connectivity index (χ1n) is 5.92. The van der Waals surface area contributed by atoms with Gasteiger partial charge < -0.3 is 20.8 Å². The predicted octanol–water partition coefficient (Wildman–Crippen LogP) is -0.190. The standard InChI is InChI=1S/C11H20N2O5/c1-2-3-5-13-11(18)8(7-10(16)17)12-6-4-9(14)15/h8,12H,2-7H2,1H3,(H,13,18)(H,14,15)(H,16,17). The van der Waals surface area contributed by atoms with Crippen molar-refractivity contribution in [3.63, 3.8) is 0 Å². The zero-order valence-electron chi connectivity index (χ0n) is 10.4. The van der Waals surface area contributed by atoms with Crippen LogP contribution in [0.3, 0.4) is 0 Å². The van der Waals surface area contributed by atoms with Gasteiger partial charge in [-0.2, -0.15) is 0 Å². The molecule has 0 saturated heterocycles. The molecule has 1 atom stereocenters. The van der Waals surface area contributed by atoms with E-state index in [9.17, 15) is 14.4 Å². The number of carboxylic acids is 2. The van der Waals surface area contributed by atoms with Gasteiger partial charge in [-0.15, -0.1) is 0 Å². The average Bonchev–Trinajstić information content (AvgIpc) is 2.27. The lowest BCUT2D eigenvalue weighted by Gasteiger charge is -2.16. The highest BCUT2D eigenvalue weighted by molar-refractivity contribution is 5.86. The molecule has 7 heteroatoms. The molecule has 1 unspecified atom stereocenters. The van der Waals surface area contributed by atoms with Gasteiger partial charge in [-0.3, -0.25) is 14.4 Å². The number of amides is 1. The number of carbonyl (C=O) groups excluding carboxylic acids is 1. The molecule has 1 amide bonds. The Hall–Kier alpha value is -1.63. The van der Waals surface area contributed by atoms with Crippen LogP contribution in [-0.4, -0.2) is 47.2 Å². The van der Waals surface area contributed by atoms with E-state index in [-0.39, 0.29) is 19.4 Å². The van der Waals surface area contributed by atoms with Crippen LogP contribution < -0.4 is 10.6 Å². The van der Waals surface area contributed by atoms with Crippen LogP contribution in [0, 0.1) is 0 Å². The number of carboxylic acid groups (broad SMARTS) is 2. The van der Waals surface area contributed by atoms with Crippen LogP contribution in [-0.2, 0) is 14.4 Å². The van der Waals surface area contributed by atoms with Crippen molar-refractivity contribution in [3.8, 4) is 0 Å². The van der Waals surface area contributed by atoms with Gasteiger partial charge in [0, 0.05) is 13.1 Å². The molecule has 0 radical (unpaired) electrons. The van der Waals surface area contributed by atoms with E-state index in [4.69, 9.17) is 10.2 Å². The molecule has 0 spiro atoms. The fourth-order valence-electron chi connectivity index (χ4n) is 1.30. The van der Waals surface area contributed by atoms with Crippen molar-refractivity contribution in [2.45, 2.75) is 38.6 Å². The number of carbonyl (C=O) groups is 3. The molecule has 4 N–H and O–H groups in total. The third kappa shape index (κ3) is 8.51. The molecule has 0 aromatic carbocycles. The fraction of sp³-hybridized carbons (Fsp3) is 0.727. The highest BCUT2D eigenvalue weighted by Gasteiger charge is 2.20. The van der Waals surface area contributed by atoms with Crippen molar-refractivity contribution in [2.24, 2.45) is 0 Å². The summed E-state index contributed by atoms with van der Waals surface area (Å²) in [6.45, 7) is 2.53. The van der Waals surface area contributed by atoms with Gasteiger partial charge in [0.05, 0.1) is 18.9 Å². The van der Waals surface area contributed by atoms with Crippen LogP contribution >= 0.6 is 0 Å². The lowest BCUT2D eigenvalue weighted by molar-refractivity contribution is -0.140. The predicted molar refractivity (Wildman–Crippen MR) is 64.2 cm³/mol. The van der Waals surface area contributed by atoms with Crippen molar-refractivity contribution >= 4 is 17.8 Å². The van der Waals surface area contributed by atoms with E-state index in [1.54, 1.807) is 0 Å².